The Labute approximate surface area is 131 Å². The number of hydrogen-bond acceptors (Lipinski definition) is 3. The Kier molecular flexibility index (Phi) is 8.41. The van der Waals surface area contributed by atoms with E-state index in [2.05, 4.69) is 58.7 Å². The number of aryl methyl sites for hydroxylation is 1. The molecule has 0 amide bonds. The zero-order valence-corrected chi connectivity index (χ0v) is 14.7. The van der Waals surface area contributed by atoms with E-state index in [1.165, 1.54) is 5.69 Å². The van der Waals surface area contributed by atoms with Crippen molar-refractivity contribution in [3.63, 3.8) is 0 Å². The van der Waals surface area contributed by atoms with Crippen LogP contribution in [0.2, 0.25) is 0 Å². The van der Waals surface area contributed by atoms with Crippen molar-refractivity contribution in [1.82, 2.24) is 15.1 Å². The van der Waals surface area contributed by atoms with E-state index in [0.717, 1.165) is 43.4 Å². The molecule has 0 bridgehead atoms. The molecule has 1 aromatic heterocycles. The zero-order valence-electron chi connectivity index (χ0n) is 13.2. The minimum Gasteiger partial charge on any atom is -0.376 e. The Hall–Kier alpha value is -0.390. The van der Waals surface area contributed by atoms with E-state index >= 15 is 0 Å². The molecular formula is C15H28BrN3O. The lowest BCUT2D eigenvalue weighted by molar-refractivity contribution is 0.0252. The van der Waals surface area contributed by atoms with Crippen molar-refractivity contribution in [3.8, 4) is 0 Å². The third-order valence-electron chi connectivity index (χ3n) is 3.37. The first-order valence-corrected chi connectivity index (χ1v) is 8.54. The van der Waals surface area contributed by atoms with Gasteiger partial charge in [-0.05, 0) is 49.2 Å². The van der Waals surface area contributed by atoms with E-state index in [-0.39, 0.29) is 12.1 Å². The van der Waals surface area contributed by atoms with E-state index in [4.69, 9.17) is 4.74 Å². The summed E-state index contributed by atoms with van der Waals surface area (Å²) in [5.41, 5.74) is 1.20. The summed E-state index contributed by atoms with van der Waals surface area (Å²) in [6.07, 6.45) is 5.35. The number of nitrogens with zero attached hydrogens (tertiary/aromatic N) is 2. The van der Waals surface area contributed by atoms with Crippen LogP contribution in [0.15, 0.2) is 10.7 Å². The molecule has 0 spiro atoms. The smallest absolute Gasteiger partial charge is 0.0785 e. The third-order valence-corrected chi connectivity index (χ3v) is 3.98. The monoisotopic (exact) mass is 345 g/mol. The summed E-state index contributed by atoms with van der Waals surface area (Å²) < 4.78 is 9.11. The first-order chi connectivity index (χ1) is 9.69. The molecular weight excluding hydrogens is 318 g/mol. The summed E-state index contributed by atoms with van der Waals surface area (Å²) in [5, 5.41) is 8.08. The minimum atomic E-state index is 0.187. The number of ether oxygens (including phenoxy) is 1. The number of rotatable bonds is 10. The fourth-order valence-corrected chi connectivity index (χ4v) is 3.02. The molecule has 0 aliphatic heterocycles. The molecule has 116 valence electrons. The highest BCUT2D eigenvalue weighted by Crippen LogP contribution is 2.29. The molecule has 4 nitrogen and oxygen atoms in total. The highest BCUT2D eigenvalue weighted by Gasteiger charge is 2.27. The quantitative estimate of drug-likeness (QED) is 0.698. The predicted octanol–water partition coefficient (Wildman–Crippen LogP) is 3.91. The maximum absolute atomic E-state index is 6.00. The molecule has 1 heterocycles. The van der Waals surface area contributed by atoms with Gasteiger partial charge in [0.15, 0.2) is 0 Å². The summed E-state index contributed by atoms with van der Waals surface area (Å²) >= 11 is 3.64. The van der Waals surface area contributed by atoms with Gasteiger partial charge < -0.3 is 10.1 Å². The van der Waals surface area contributed by atoms with Crippen LogP contribution in [0, 0.1) is 0 Å². The fourth-order valence-electron chi connectivity index (χ4n) is 2.48. The summed E-state index contributed by atoms with van der Waals surface area (Å²) in [4.78, 5) is 0. The van der Waals surface area contributed by atoms with Gasteiger partial charge in [-0.3, -0.25) is 4.68 Å². The summed E-state index contributed by atoms with van der Waals surface area (Å²) in [5.74, 6) is 0. The molecule has 20 heavy (non-hydrogen) atoms. The van der Waals surface area contributed by atoms with Gasteiger partial charge in [0, 0.05) is 13.2 Å². The highest BCUT2D eigenvalue weighted by atomic mass is 79.9. The summed E-state index contributed by atoms with van der Waals surface area (Å²) in [6.45, 7) is 11.2. The van der Waals surface area contributed by atoms with Crippen molar-refractivity contribution in [2.45, 2.75) is 65.6 Å². The van der Waals surface area contributed by atoms with Crippen molar-refractivity contribution < 1.29 is 4.74 Å². The van der Waals surface area contributed by atoms with Crippen LogP contribution in [0.25, 0.3) is 0 Å². The normalized spacial score (nSPS) is 14.4. The molecule has 1 rings (SSSR count). The highest BCUT2D eigenvalue weighted by molar-refractivity contribution is 9.10. The van der Waals surface area contributed by atoms with E-state index in [1.54, 1.807) is 0 Å². The summed E-state index contributed by atoms with van der Waals surface area (Å²) in [7, 11) is 0. The Morgan fingerprint density at radius 3 is 2.60 bits per heavy atom. The molecule has 0 aliphatic carbocycles. The maximum atomic E-state index is 6.00. The molecule has 0 fully saturated rings. The molecule has 5 heteroatoms. The van der Waals surface area contributed by atoms with Gasteiger partial charge in [0.1, 0.15) is 0 Å². The molecule has 0 saturated heterocycles. The van der Waals surface area contributed by atoms with Crippen LogP contribution in [-0.2, 0) is 11.3 Å². The molecule has 0 saturated carbocycles. The first-order valence-electron chi connectivity index (χ1n) is 7.75. The molecule has 1 aromatic rings. The van der Waals surface area contributed by atoms with Crippen LogP contribution in [0.4, 0.5) is 0 Å². The van der Waals surface area contributed by atoms with Crippen LogP contribution in [0.3, 0.4) is 0 Å². The second-order valence-electron chi connectivity index (χ2n) is 4.91. The lowest BCUT2D eigenvalue weighted by Gasteiger charge is -2.29. The van der Waals surface area contributed by atoms with Gasteiger partial charge in [-0.15, -0.1) is 0 Å². The average molecular weight is 346 g/mol. The standard InChI is InChI=1S/C15H28BrN3O/c1-5-9-13(20-8-4)14(17-10-6-2)15-12(16)11-18-19(15)7-3/h11,13-14,17H,5-10H2,1-4H3. The Balaban J connectivity index is 3.04. The lowest BCUT2D eigenvalue weighted by Crippen LogP contribution is -2.36. The molecule has 0 radical (unpaired) electrons. The second-order valence-corrected chi connectivity index (χ2v) is 5.76. The number of halogens is 1. The molecule has 0 aromatic carbocycles. The zero-order chi connectivity index (χ0) is 15.0. The Bertz CT molecular complexity index is 375. The first kappa shape index (κ1) is 17.7. The van der Waals surface area contributed by atoms with E-state index < -0.39 is 0 Å². The number of aromatic nitrogens is 2. The lowest BCUT2D eigenvalue weighted by atomic mass is 10.0. The van der Waals surface area contributed by atoms with Gasteiger partial charge in [-0.1, -0.05) is 20.3 Å². The van der Waals surface area contributed by atoms with Crippen LogP contribution in [0.1, 0.15) is 58.7 Å². The van der Waals surface area contributed by atoms with Gasteiger partial charge in [0.25, 0.3) is 0 Å². The van der Waals surface area contributed by atoms with Gasteiger partial charge >= 0.3 is 0 Å². The third kappa shape index (κ3) is 4.57. The van der Waals surface area contributed by atoms with E-state index in [0.29, 0.717) is 0 Å². The number of hydrogen-bond donors (Lipinski definition) is 1. The van der Waals surface area contributed by atoms with E-state index in [1.807, 2.05) is 6.20 Å². The van der Waals surface area contributed by atoms with Crippen molar-refractivity contribution in [2.75, 3.05) is 13.2 Å². The fraction of sp³-hybridized carbons (Fsp3) is 0.800. The van der Waals surface area contributed by atoms with Crippen molar-refractivity contribution in [1.29, 1.82) is 0 Å². The predicted molar refractivity (Wildman–Crippen MR) is 87.0 cm³/mol. The topological polar surface area (TPSA) is 39.1 Å². The van der Waals surface area contributed by atoms with Crippen LogP contribution in [0.5, 0.6) is 0 Å². The number of nitrogens with one attached hydrogen (secondary N) is 1. The van der Waals surface area contributed by atoms with Crippen LogP contribution >= 0.6 is 15.9 Å². The van der Waals surface area contributed by atoms with Crippen molar-refractivity contribution in [2.24, 2.45) is 0 Å². The SMILES string of the molecule is CCCNC(c1c(Br)cnn1CC)C(CCC)OCC. The van der Waals surface area contributed by atoms with Crippen molar-refractivity contribution >= 4 is 15.9 Å². The molecule has 2 unspecified atom stereocenters. The Morgan fingerprint density at radius 1 is 1.30 bits per heavy atom. The average Bonchev–Trinajstić information content (AvgIpc) is 2.81. The largest absolute Gasteiger partial charge is 0.376 e. The Morgan fingerprint density at radius 2 is 2.05 bits per heavy atom. The minimum absolute atomic E-state index is 0.187. The van der Waals surface area contributed by atoms with Crippen molar-refractivity contribution in [3.05, 3.63) is 16.4 Å². The molecule has 2 atom stereocenters. The summed E-state index contributed by atoms with van der Waals surface area (Å²) in [6, 6.07) is 0.187. The van der Waals surface area contributed by atoms with Gasteiger partial charge in [-0.2, -0.15) is 5.10 Å². The second kappa shape index (κ2) is 9.53. The van der Waals surface area contributed by atoms with Crippen LogP contribution in [-0.4, -0.2) is 29.0 Å². The molecule has 1 N–H and O–H groups in total. The van der Waals surface area contributed by atoms with Gasteiger partial charge in [0.2, 0.25) is 0 Å². The van der Waals surface area contributed by atoms with E-state index in [9.17, 15) is 0 Å². The molecule has 0 aliphatic rings. The van der Waals surface area contributed by atoms with Crippen LogP contribution < -0.4 is 5.32 Å². The maximum Gasteiger partial charge on any atom is 0.0785 e. The van der Waals surface area contributed by atoms with Gasteiger partial charge in [-0.25, -0.2) is 0 Å². The van der Waals surface area contributed by atoms with Gasteiger partial charge in [0.05, 0.1) is 28.5 Å².